The number of amides is 2. The number of phenols is 1. The van der Waals surface area contributed by atoms with Crippen LogP contribution in [0.15, 0.2) is 24.3 Å². The van der Waals surface area contributed by atoms with E-state index < -0.39 is 12.0 Å². The highest BCUT2D eigenvalue weighted by Crippen LogP contribution is 2.39. The first kappa shape index (κ1) is 15.0. The summed E-state index contributed by atoms with van der Waals surface area (Å²) in [5.41, 5.74) is 4.05. The zero-order chi connectivity index (χ0) is 15.9. The molecule has 2 N–H and O–H groups in total. The summed E-state index contributed by atoms with van der Waals surface area (Å²) in [6.45, 7) is 0.606. The van der Waals surface area contributed by atoms with Gasteiger partial charge in [-0.25, -0.2) is 10.4 Å². The number of nitrogens with one attached hydrogen (secondary N) is 1. The Kier molecular flexibility index (Phi) is 3.86. The fourth-order valence-electron chi connectivity index (χ4n) is 3.21. The van der Waals surface area contributed by atoms with Gasteiger partial charge in [-0.2, -0.15) is 0 Å². The normalized spacial score (nSPS) is 28.5. The standard InChI is InChI=1S/C15H19N3O4/c1-17-13-11(14(20)18(15(13)21)7-8-22-2)12(16-17)9-3-5-10(19)6-4-9/h3-6,11-13,16,19H,7-8H2,1-2H3/t11-,12-,13+/m1/s1. The molecule has 22 heavy (non-hydrogen) atoms. The minimum atomic E-state index is -0.497. The molecule has 2 saturated heterocycles. The quantitative estimate of drug-likeness (QED) is 0.755. The van der Waals surface area contributed by atoms with Crippen LogP contribution in [0.3, 0.4) is 0 Å². The van der Waals surface area contributed by atoms with Crippen molar-refractivity contribution in [3.05, 3.63) is 29.8 Å². The van der Waals surface area contributed by atoms with Crippen LogP contribution < -0.4 is 5.43 Å². The monoisotopic (exact) mass is 305 g/mol. The zero-order valence-corrected chi connectivity index (χ0v) is 12.5. The van der Waals surface area contributed by atoms with Crippen molar-refractivity contribution in [1.82, 2.24) is 15.3 Å². The van der Waals surface area contributed by atoms with Crippen molar-refractivity contribution in [3.8, 4) is 5.75 Å². The first-order valence-electron chi connectivity index (χ1n) is 7.16. The fourth-order valence-corrected chi connectivity index (χ4v) is 3.21. The molecule has 2 heterocycles. The van der Waals surface area contributed by atoms with E-state index >= 15 is 0 Å². The highest BCUT2D eigenvalue weighted by Gasteiger charge is 2.57. The summed E-state index contributed by atoms with van der Waals surface area (Å²) in [5, 5.41) is 11.1. The van der Waals surface area contributed by atoms with Crippen molar-refractivity contribution in [2.75, 3.05) is 27.3 Å². The summed E-state index contributed by atoms with van der Waals surface area (Å²) in [6, 6.07) is 5.91. The van der Waals surface area contributed by atoms with E-state index in [1.54, 1.807) is 43.4 Å². The van der Waals surface area contributed by atoms with E-state index in [1.807, 2.05) is 0 Å². The number of carbonyl (C=O) groups excluding carboxylic acids is 2. The largest absolute Gasteiger partial charge is 0.508 e. The number of benzene rings is 1. The van der Waals surface area contributed by atoms with Gasteiger partial charge in [-0.15, -0.1) is 0 Å². The van der Waals surface area contributed by atoms with Gasteiger partial charge < -0.3 is 9.84 Å². The van der Waals surface area contributed by atoms with Gasteiger partial charge in [0.1, 0.15) is 11.8 Å². The number of ether oxygens (including phenoxy) is 1. The number of hydrogen-bond donors (Lipinski definition) is 2. The number of hydrogen-bond acceptors (Lipinski definition) is 6. The van der Waals surface area contributed by atoms with Gasteiger partial charge in [0.15, 0.2) is 0 Å². The number of carbonyl (C=O) groups is 2. The Morgan fingerprint density at radius 1 is 1.23 bits per heavy atom. The molecule has 0 aliphatic carbocycles. The van der Waals surface area contributed by atoms with Gasteiger partial charge in [-0.3, -0.25) is 14.5 Å². The van der Waals surface area contributed by atoms with E-state index in [4.69, 9.17) is 4.74 Å². The van der Waals surface area contributed by atoms with Crippen LogP contribution in [0.1, 0.15) is 11.6 Å². The molecule has 7 heteroatoms. The number of phenolic OH excluding ortho intramolecular Hbond substituents is 1. The topological polar surface area (TPSA) is 82.1 Å². The molecule has 1 aromatic carbocycles. The second-order valence-electron chi connectivity index (χ2n) is 5.60. The molecule has 2 aliphatic heterocycles. The number of methoxy groups -OCH3 is 1. The van der Waals surface area contributed by atoms with Gasteiger partial charge in [0, 0.05) is 14.2 Å². The number of likely N-dealkylation sites (N-methyl/N-ethyl adjacent to an activating group) is 1. The van der Waals surface area contributed by atoms with E-state index in [-0.39, 0.29) is 30.2 Å². The Morgan fingerprint density at radius 2 is 1.91 bits per heavy atom. The summed E-state index contributed by atoms with van der Waals surface area (Å²) in [6.07, 6.45) is 0. The van der Waals surface area contributed by atoms with Crippen molar-refractivity contribution in [3.63, 3.8) is 0 Å². The zero-order valence-electron chi connectivity index (χ0n) is 12.5. The van der Waals surface area contributed by atoms with Crippen LogP contribution in [0.4, 0.5) is 0 Å². The van der Waals surface area contributed by atoms with E-state index in [9.17, 15) is 14.7 Å². The number of likely N-dealkylation sites (tertiary alicyclic amines) is 1. The molecule has 3 atom stereocenters. The SMILES string of the molecule is COCCN1C(=O)[C@@H]2[C@@H](c3ccc(O)cc3)NN(C)[C@@H]2C1=O. The summed E-state index contributed by atoms with van der Waals surface area (Å²) < 4.78 is 4.97. The predicted octanol–water partition coefficient (Wildman–Crippen LogP) is -0.117. The average molecular weight is 305 g/mol. The Hall–Kier alpha value is -1.96. The Labute approximate surface area is 128 Å². The van der Waals surface area contributed by atoms with Crippen LogP contribution in [0, 0.1) is 5.92 Å². The van der Waals surface area contributed by atoms with Gasteiger partial charge in [0.2, 0.25) is 11.8 Å². The molecule has 0 unspecified atom stereocenters. The lowest BCUT2D eigenvalue weighted by Gasteiger charge is -2.22. The average Bonchev–Trinajstić information content (AvgIpc) is 2.96. The summed E-state index contributed by atoms with van der Waals surface area (Å²) in [4.78, 5) is 26.4. The van der Waals surface area contributed by atoms with Crippen molar-refractivity contribution in [2.45, 2.75) is 12.1 Å². The molecule has 0 saturated carbocycles. The molecule has 0 spiro atoms. The minimum absolute atomic E-state index is 0.169. The van der Waals surface area contributed by atoms with E-state index in [0.29, 0.717) is 6.61 Å². The van der Waals surface area contributed by atoms with E-state index in [1.165, 1.54) is 4.90 Å². The summed E-state index contributed by atoms with van der Waals surface area (Å²) in [5.74, 6) is -0.661. The van der Waals surface area contributed by atoms with Gasteiger partial charge in [0.05, 0.1) is 25.1 Å². The Bertz CT molecular complexity index is 589. The Balaban J connectivity index is 1.89. The van der Waals surface area contributed by atoms with Gasteiger partial charge in [-0.1, -0.05) is 12.1 Å². The minimum Gasteiger partial charge on any atom is -0.508 e. The molecular weight excluding hydrogens is 286 g/mol. The third kappa shape index (κ3) is 2.27. The molecule has 0 radical (unpaired) electrons. The first-order valence-corrected chi connectivity index (χ1v) is 7.16. The van der Waals surface area contributed by atoms with Crippen molar-refractivity contribution in [1.29, 1.82) is 0 Å². The number of imide groups is 1. The van der Waals surface area contributed by atoms with Crippen LogP contribution in [-0.2, 0) is 14.3 Å². The van der Waals surface area contributed by atoms with Crippen LogP contribution in [0.25, 0.3) is 0 Å². The number of fused-ring (bicyclic) bond motifs is 1. The number of aromatic hydroxyl groups is 1. The van der Waals surface area contributed by atoms with E-state index in [2.05, 4.69) is 5.43 Å². The number of hydrazine groups is 1. The number of nitrogens with zero attached hydrogens (tertiary/aromatic N) is 2. The highest BCUT2D eigenvalue weighted by atomic mass is 16.5. The molecule has 3 rings (SSSR count). The third-order valence-electron chi connectivity index (χ3n) is 4.30. The maximum atomic E-state index is 12.6. The maximum absolute atomic E-state index is 12.6. The molecule has 0 bridgehead atoms. The maximum Gasteiger partial charge on any atom is 0.248 e. The van der Waals surface area contributed by atoms with Crippen LogP contribution in [0.5, 0.6) is 5.75 Å². The fraction of sp³-hybridized carbons (Fsp3) is 0.467. The third-order valence-corrected chi connectivity index (χ3v) is 4.30. The second kappa shape index (κ2) is 5.68. The lowest BCUT2D eigenvalue weighted by molar-refractivity contribution is -0.142. The molecule has 1 aromatic rings. The highest BCUT2D eigenvalue weighted by molar-refractivity contribution is 6.07. The molecule has 118 valence electrons. The lowest BCUT2D eigenvalue weighted by atomic mass is 9.91. The van der Waals surface area contributed by atoms with Gasteiger partial charge >= 0.3 is 0 Å². The van der Waals surface area contributed by atoms with Crippen LogP contribution >= 0.6 is 0 Å². The van der Waals surface area contributed by atoms with Crippen molar-refractivity contribution >= 4 is 11.8 Å². The van der Waals surface area contributed by atoms with Crippen molar-refractivity contribution < 1.29 is 19.4 Å². The first-order chi connectivity index (χ1) is 10.5. The van der Waals surface area contributed by atoms with E-state index in [0.717, 1.165) is 5.56 Å². The molecule has 2 fully saturated rings. The molecule has 2 amide bonds. The summed E-state index contributed by atoms with van der Waals surface area (Å²) >= 11 is 0. The smallest absolute Gasteiger partial charge is 0.248 e. The molecule has 0 aromatic heterocycles. The molecule has 2 aliphatic rings. The summed E-state index contributed by atoms with van der Waals surface area (Å²) in [7, 11) is 3.31. The Morgan fingerprint density at radius 3 is 2.55 bits per heavy atom. The molecule has 7 nitrogen and oxygen atoms in total. The van der Waals surface area contributed by atoms with Gasteiger partial charge in [-0.05, 0) is 17.7 Å². The second-order valence-corrected chi connectivity index (χ2v) is 5.60. The van der Waals surface area contributed by atoms with Crippen molar-refractivity contribution in [2.24, 2.45) is 5.92 Å². The number of rotatable bonds is 4. The molecular formula is C15H19N3O4. The predicted molar refractivity (Wildman–Crippen MR) is 77.6 cm³/mol. The van der Waals surface area contributed by atoms with Crippen LogP contribution in [-0.4, -0.2) is 60.2 Å². The lowest BCUT2D eigenvalue weighted by Crippen LogP contribution is -2.43. The van der Waals surface area contributed by atoms with Crippen LogP contribution in [0.2, 0.25) is 0 Å². The van der Waals surface area contributed by atoms with Gasteiger partial charge in [0.25, 0.3) is 0 Å².